The number of carbonyl (C=O) groups excluding carboxylic acids is 4. The van der Waals surface area contributed by atoms with E-state index in [1.807, 2.05) is 62.1 Å². The molecule has 1 aliphatic carbocycles. The highest BCUT2D eigenvalue weighted by Crippen LogP contribution is 2.35. The number of benzene rings is 1. The van der Waals surface area contributed by atoms with Crippen LogP contribution in [0, 0.1) is 23.7 Å². The van der Waals surface area contributed by atoms with Gasteiger partial charge in [-0.2, -0.15) is 5.10 Å². The fourth-order valence-electron chi connectivity index (χ4n) is 9.28. The van der Waals surface area contributed by atoms with Gasteiger partial charge in [-0.15, -0.1) is 0 Å². The van der Waals surface area contributed by atoms with E-state index in [0.717, 1.165) is 43.4 Å². The van der Waals surface area contributed by atoms with Gasteiger partial charge in [0.05, 0.1) is 54.4 Å². The maximum Gasteiger partial charge on any atom is 0.245 e. The van der Waals surface area contributed by atoms with Crippen molar-refractivity contribution in [3.05, 3.63) is 53.9 Å². The third-order valence-electron chi connectivity index (χ3n) is 12.6. The second-order valence-electron chi connectivity index (χ2n) is 16.5. The second-order valence-corrected chi connectivity index (χ2v) is 16.5. The Morgan fingerprint density at radius 1 is 1.00 bits per heavy atom. The maximum atomic E-state index is 14.3. The molecule has 2 aliphatic heterocycles. The summed E-state index contributed by atoms with van der Waals surface area (Å²) in [4.78, 5) is 59.4. The van der Waals surface area contributed by atoms with E-state index < -0.39 is 30.2 Å². The molecule has 13 heteroatoms. The molecule has 4 amide bonds. The number of fused-ring (bicyclic) bond motifs is 2. The van der Waals surface area contributed by atoms with Crippen LogP contribution in [0.25, 0.3) is 0 Å². The summed E-state index contributed by atoms with van der Waals surface area (Å²) in [6.45, 7) is 10.4. The van der Waals surface area contributed by atoms with Crippen molar-refractivity contribution >= 4 is 23.6 Å². The monoisotopic (exact) mass is 763 g/mol. The Labute approximate surface area is 327 Å². The van der Waals surface area contributed by atoms with E-state index in [-0.39, 0.29) is 60.0 Å². The van der Waals surface area contributed by atoms with E-state index >= 15 is 0 Å². The molecule has 0 spiro atoms. The zero-order valence-corrected chi connectivity index (χ0v) is 34.1. The van der Waals surface area contributed by atoms with Gasteiger partial charge in [0.2, 0.25) is 23.6 Å². The Hall–Kier alpha value is -3.81. The van der Waals surface area contributed by atoms with Crippen molar-refractivity contribution in [1.29, 1.82) is 0 Å². The van der Waals surface area contributed by atoms with Crippen LogP contribution in [0.5, 0.6) is 0 Å². The van der Waals surface area contributed by atoms with Crippen LogP contribution in [0.2, 0.25) is 0 Å². The number of H-pyrrole nitrogens is 1. The summed E-state index contributed by atoms with van der Waals surface area (Å²) in [5.41, 5.74) is 1.81. The predicted octanol–water partition coefficient (Wildman–Crippen LogP) is 4.01. The van der Waals surface area contributed by atoms with E-state index in [4.69, 9.17) is 9.47 Å². The minimum atomic E-state index is -0.712. The minimum Gasteiger partial charge on any atom is -0.379 e. The topological polar surface area (TPSA) is 158 Å². The van der Waals surface area contributed by atoms with E-state index in [1.54, 1.807) is 32.4 Å². The number of nitrogens with zero attached hydrogens (tertiary/aromatic N) is 3. The highest BCUT2D eigenvalue weighted by atomic mass is 16.5. The number of aromatic nitrogens is 2. The van der Waals surface area contributed by atoms with Crippen LogP contribution in [-0.2, 0) is 35.1 Å². The van der Waals surface area contributed by atoms with Gasteiger partial charge in [0.1, 0.15) is 6.04 Å². The number of methoxy groups -OCH3 is 2. The SMILES string of the molecule is CC[C@H](C)[C@@H]([C@@H](CC(=O)N1CCCC1[C@H](OC)[C@@H](C)C(=O)N[C@@H](Cc1ccccc1)c1cc[nH]n1)OC)N(C)C(=O)C(NC(=O)[C@H]1N[C@@H]2CC[C@H]1C2)C(C)C. The molecular formula is C42H65N7O6. The molecule has 55 heavy (non-hydrogen) atoms. The average Bonchev–Trinajstić information content (AvgIpc) is 4.03. The smallest absolute Gasteiger partial charge is 0.245 e. The first-order valence-electron chi connectivity index (χ1n) is 20.4. The van der Waals surface area contributed by atoms with Crippen LogP contribution in [-0.4, -0.2) is 114 Å². The van der Waals surface area contributed by atoms with Crippen LogP contribution in [0.1, 0.15) is 96.9 Å². The molecule has 3 aliphatic rings. The van der Waals surface area contributed by atoms with Gasteiger partial charge in [0, 0.05) is 40.1 Å². The van der Waals surface area contributed by atoms with Crippen LogP contribution in [0.15, 0.2) is 42.6 Å². The van der Waals surface area contributed by atoms with Crippen LogP contribution >= 0.6 is 0 Å². The summed E-state index contributed by atoms with van der Waals surface area (Å²) < 4.78 is 12.1. The molecule has 13 nitrogen and oxygen atoms in total. The maximum absolute atomic E-state index is 14.3. The Bertz CT molecular complexity index is 1560. The molecule has 1 aromatic carbocycles. The zero-order chi connectivity index (χ0) is 39.8. The quantitative estimate of drug-likeness (QED) is 0.167. The molecule has 1 saturated carbocycles. The Morgan fingerprint density at radius 2 is 1.75 bits per heavy atom. The lowest BCUT2D eigenvalue weighted by atomic mass is 9.89. The molecule has 1 aromatic heterocycles. The summed E-state index contributed by atoms with van der Waals surface area (Å²) in [6.07, 6.45) is 6.62. The van der Waals surface area contributed by atoms with Gasteiger partial charge in [-0.3, -0.25) is 24.3 Å². The molecule has 2 bridgehead atoms. The van der Waals surface area contributed by atoms with Gasteiger partial charge < -0.3 is 35.2 Å². The van der Waals surface area contributed by atoms with Crippen LogP contribution in [0.4, 0.5) is 0 Å². The largest absolute Gasteiger partial charge is 0.379 e. The average molecular weight is 764 g/mol. The number of rotatable bonds is 19. The normalized spacial score (nSPS) is 24.5. The van der Waals surface area contributed by atoms with Gasteiger partial charge in [0.25, 0.3) is 0 Å². The molecule has 2 aromatic rings. The molecule has 5 rings (SSSR count). The fourth-order valence-corrected chi connectivity index (χ4v) is 9.28. The molecule has 11 atom stereocenters. The van der Waals surface area contributed by atoms with Gasteiger partial charge >= 0.3 is 0 Å². The van der Waals surface area contributed by atoms with Crippen molar-refractivity contribution in [2.24, 2.45) is 23.7 Å². The van der Waals surface area contributed by atoms with E-state index in [2.05, 4.69) is 40.0 Å². The van der Waals surface area contributed by atoms with Gasteiger partial charge in [-0.05, 0) is 67.9 Å². The Kier molecular flexibility index (Phi) is 14.9. The molecule has 3 heterocycles. The number of amides is 4. The number of aromatic amines is 1. The van der Waals surface area contributed by atoms with E-state index in [9.17, 15) is 19.2 Å². The van der Waals surface area contributed by atoms with Gasteiger partial charge in [0.15, 0.2) is 0 Å². The first-order chi connectivity index (χ1) is 26.4. The third-order valence-corrected chi connectivity index (χ3v) is 12.6. The standard InChI is InChI=1S/C42H65N7O6/c1-9-26(4)38(48(6)42(53)36(25(2)3)46-41(52)37-29-17-18-30(23-29)44-37)34(54-7)24-35(50)49-21-13-16-33(49)39(55-8)27(5)40(51)45-32(31-19-20-43-47-31)22-28-14-11-10-12-15-28/h10-12,14-15,19-20,25-27,29-30,32-34,36-39,44H,9,13,16-18,21-24H2,1-8H3,(H,43,47)(H,45,51)(H,46,52)/t26-,27+,29-,30+,32-,33?,34+,36?,37-,38-,39+/m0/s1. The van der Waals surface area contributed by atoms with Crippen molar-refractivity contribution in [1.82, 2.24) is 35.9 Å². The van der Waals surface area contributed by atoms with E-state index in [0.29, 0.717) is 31.3 Å². The summed E-state index contributed by atoms with van der Waals surface area (Å²) in [7, 11) is 4.95. The number of ether oxygens (including phenoxy) is 2. The second kappa shape index (κ2) is 19.4. The molecule has 0 radical (unpaired) electrons. The predicted molar refractivity (Wildman–Crippen MR) is 211 cm³/mol. The summed E-state index contributed by atoms with van der Waals surface area (Å²) >= 11 is 0. The van der Waals surface area contributed by atoms with Crippen LogP contribution < -0.4 is 16.0 Å². The first kappa shape index (κ1) is 42.3. The van der Waals surface area contributed by atoms with Crippen molar-refractivity contribution in [3.8, 4) is 0 Å². The molecule has 304 valence electrons. The number of piperidine rings is 1. The number of likely N-dealkylation sites (N-methyl/N-ethyl adjacent to an activating group) is 1. The highest BCUT2D eigenvalue weighted by Gasteiger charge is 2.46. The van der Waals surface area contributed by atoms with Gasteiger partial charge in [-0.25, -0.2) is 0 Å². The first-order valence-corrected chi connectivity index (χ1v) is 20.4. The van der Waals surface area contributed by atoms with Crippen LogP contribution in [0.3, 0.4) is 0 Å². The zero-order valence-electron chi connectivity index (χ0n) is 34.1. The van der Waals surface area contributed by atoms with Crippen molar-refractivity contribution in [2.45, 2.75) is 134 Å². The lowest BCUT2D eigenvalue weighted by Gasteiger charge is -2.41. The highest BCUT2D eigenvalue weighted by molar-refractivity contribution is 5.90. The van der Waals surface area contributed by atoms with Crippen molar-refractivity contribution in [2.75, 3.05) is 27.8 Å². The molecule has 2 unspecified atom stereocenters. The minimum absolute atomic E-state index is 0.00520. The number of nitrogens with one attached hydrogen (secondary N) is 4. The number of hydrogen-bond acceptors (Lipinski definition) is 8. The van der Waals surface area contributed by atoms with E-state index in [1.165, 1.54) is 0 Å². The Balaban J connectivity index is 1.26. The summed E-state index contributed by atoms with van der Waals surface area (Å²) in [5.74, 6) is -0.970. The summed E-state index contributed by atoms with van der Waals surface area (Å²) in [6, 6.07) is 10.2. The number of likely N-dealkylation sites (tertiary alicyclic amines) is 1. The molecule has 3 fully saturated rings. The van der Waals surface area contributed by atoms with Crippen molar-refractivity contribution in [3.63, 3.8) is 0 Å². The number of carbonyl (C=O) groups is 4. The molecule has 2 saturated heterocycles. The lowest BCUT2D eigenvalue weighted by Crippen LogP contribution is -2.59. The summed E-state index contributed by atoms with van der Waals surface area (Å²) in [5, 5.41) is 17.0. The number of hydrogen-bond donors (Lipinski definition) is 4. The molecule has 4 N–H and O–H groups in total. The molecular weight excluding hydrogens is 699 g/mol. The van der Waals surface area contributed by atoms with Gasteiger partial charge in [-0.1, -0.05) is 71.4 Å². The lowest BCUT2D eigenvalue weighted by molar-refractivity contribution is -0.147. The third kappa shape index (κ3) is 9.96. The fraction of sp³-hybridized carbons (Fsp3) is 0.690. The van der Waals surface area contributed by atoms with Crippen molar-refractivity contribution < 1.29 is 28.7 Å². The Morgan fingerprint density at radius 3 is 2.33 bits per heavy atom.